The van der Waals surface area contributed by atoms with E-state index in [4.69, 9.17) is 9.84 Å². The van der Waals surface area contributed by atoms with E-state index in [0.29, 0.717) is 10.9 Å². The number of aromatic nitrogens is 1. The van der Waals surface area contributed by atoms with Gasteiger partial charge in [0.25, 0.3) is 0 Å². The van der Waals surface area contributed by atoms with E-state index >= 15 is 0 Å². The predicted octanol–water partition coefficient (Wildman–Crippen LogP) is 5.58. The van der Waals surface area contributed by atoms with Crippen molar-refractivity contribution in [1.82, 2.24) is 4.98 Å². The Morgan fingerprint density at radius 2 is 1.79 bits per heavy atom. The first kappa shape index (κ1) is 24.4. The molecule has 1 heterocycles. The lowest BCUT2D eigenvalue weighted by molar-refractivity contribution is -0.266. The van der Waals surface area contributed by atoms with Crippen LogP contribution in [0.15, 0.2) is 42.5 Å². The third-order valence-corrected chi connectivity index (χ3v) is 5.49. The Bertz CT molecular complexity index is 1170. The zero-order chi connectivity index (χ0) is 24.6. The van der Waals surface area contributed by atoms with Gasteiger partial charge in [0.15, 0.2) is 5.60 Å². The predicted molar refractivity (Wildman–Crippen MR) is 112 cm³/mol. The van der Waals surface area contributed by atoms with Crippen LogP contribution in [-0.4, -0.2) is 40.2 Å². The number of halogens is 4. The van der Waals surface area contributed by atoms with Crippen LogP contribution in [0.3, 0.4) is 0 Å². The Balaban J connectivity index is 1.97. The van der Waals surface area contributed by atoms with E-state index in [2.05, 4.69) is 9.72 Å². The molecule has 0 aliphatic heterocycles. The standard InChI is InChI=1S/C23H23F4NO5/c1-21(2,17-9-14(24)5-7-19(17)32-3)12-22(31,23(25,26)27)11-15-8-13-4-6-16(33-20(29)30)10-18(13)28-15/h4-10,28,31H,11-12H2,1-3H3,(H,29,30). The van der Waals surface area contributed by atoms with Gasteiger partial charge in [0.05, 0.1) is 7.11 Å². The Morgan fingerprint density at radius 3 is 2.39 bits per heavy atom. The molecule has 1 unspecified atom stereocenters. The molecule has 10 heteroatoms. The maximum Gasteiger partial charge on any atom is 0.511 e. The van der Waals surface area contributed by atoms with Gasteiger partial charge < -0.3 is 24.7 Å². The molecule has 0 spiro atoms. The average Bonchev–Trinajstić information content (AvgIpc) is 3.07. The van der Waals surface area contributed by atoms with Crippen LogP contribution < -0.4 is 9.47 Å². The molecule has 0 saturated carbocycles. The summed E-state index contributed by atoms with van der Waals surface area (Å²) in [6.45, 7) is 2.95. The second-order valence-corrected chi connectivity index (χ2v) is 8.52. The van der Waals surface area contributed by atoms with Gasteiger partial charge in [-0.3, -0.25) is 0 Å². The molecule has 0 amide bonds. The second-order valence-electron chi connectivity index (χ2n) is 8.52. The fourth-order valence-corrected chi connectivity index (χ4v) is 4.04. The van der Waals surface area contributed by atoms with Crippen molar-refractivity contribution in [2.75, 3.05) is 7.11 Å². The van der Waals surface area contributed by atoms with Gasteiger partial charge in [0.1, 0.15) is 17.3 Å². The van der Waals surface area contributed by atoms with Gasteiger partial charge in [-0.05, 0) is 53.6 Å². The highest BCUT2D eigenvalue weighted by Gasteiger charge is 2.56. The number of methoxy groups -OCH3 is 1. The quantitative estimate of drug-likeness (QED) is 0.239. The molecular weight excluding hydrogens is 446 g/mol. The smallest absolute Gasteiger partial charge is 0.496 e. The molecule has 0 bridgehead atoms. The molecule has 6 nitrogen and oxygen atoms in total. The van der Waals surface area contributed by atoms with Gasteiger partial charge in [-0.2, -0.15) is 13.2 Å². The molecule has 0 aliphatic carbocycles. The largest absolute Gasteiger partial charge is 0.511 e. The molecule has 1 atom stereocenters. The Labute approximate surface area is 186 Å². The van der Waals surface area contributed by atoms with Crippen molar-refractivity contribution in [3.05, 3.63) is 59.5 Å². The number of carboxylic acid groups (broad SMARTS) is 1. The van der Waals surface area contributed by atoms with Crippen molar-refractivity contribution in [1.29, 1.82) is 0 Å². The maximum atomic E-state index is 14.1. The lowest BCUT2D eigenvalue weighted by atomic mass is 9.73. The minimum atomic E-state index is -5.00. The highest BCUT2D eigenvalue weighted by molar-refractivity contribution is 5.82. The van der Waals surface area contributed by atoms with Crippen molar-refractivity contribution in [2.24, 2.45) is 0 Å². The summed E-state index contributed by atoms with van der Waals surface area (Å²) in [5.41, 5.74) is -3.85. The van der Waals surface area contributed by atoms with Crippen molar-refractivity contribution in [2.45, 2.75) is 43.9 Å². The van der Waals surface area contributed by atoms with Crippen LogP contribution in [-0.2, 0) is 11.8 Å². The molecule has 1 aromatic heterocycles. The highest BCUT2D eigenvalue weighted by Crippen LogP contribution is 2.45. The molecule has 0 saturated heterocycles. The van der Waals surface area contributed by atoms with Crippen molar-refractivity contribution < 1.29 is 42.0 Å². The van der Waals surface area contributed by atoms with Gasteiger partial charge >= 0.3 is 12.3 Å². The summed E-state index contributed by atoms with van der Waals surface area (Å²) in [4.78, 5) is 13.5. The molecule has 3 rings (SSSR count). The molecule has 0 fully saturated rings. The number of aromatic amines is 1. The number of ether oxygens (including phenoxy) is 2. The fourth-order valence-electron chi connectivity index (χ4n) is 4.04. The first-order valence-electron chi connectivity index (χ1n) is 9.90. The van der Waals surface area contributed by atoms with E-state index in [1.165, 1.54) is 51.3 Å². The topological polar surface area (TPSA) is 91.8 Å². The summed E-state index contributed by atoms with van der Waals surface area (Å²) in [5.74, 6) is -0.430. The lowest BCUT2D eigenvalue weighted by Crippen LogP contribution is -2.51. The maximum absolute atomic E-state index is 14.1. The molecule has 33 heavy (non-hydrogen) atoms. The molecule has 3 N–H and O–H groups in total. The number of benzene rings is 2. The van der Waals surface area contributed by atoms with E-state index in [9.17, 15) is 27.5 Å². The van der Waals surface area contributed by atoms with Gasteiger partial charge in [-0.25, -0.2) is 9.18 Å². The van der Waals surface area contributed by atoms with Crippen LogP contribution in [0.2, 0.25) is 0 Å². The minimum absolute atomic E-state index is 0.00573. The number of alkyl halides is 3. The summed E-state index contributed by atoms with van der Waals surface area (Å²) in [5, 5.41) is 20.1. The van der Waals surface area contributed by atoms with Crippen LogP contribution >= 0.6 is 0 Å². The number of fused-ring (bicyclic) bond motifs is 1. The first-order valence-corrected chi connectivity index (χ1v) is 9.90. The Kier molecular flexibility index (Phi) is 6.34. The third-order valence-electron chi connectivity index (χ3n) is 5.49. The highest BCUT2D eigenvalue weighted by atomic mass is 19.4. The molecule has 178 valence electrons. The van der Waals surface area contributed by atoms with E-state index < -0.39 is 42.0 Å². The van der Waals surface area contributed by atoms with Crippen LogP contribution in [0.25, 0.3) is 10.9 Å². The Hall–Kier alpha value is -3.27. The fraction of sp³-hybridized carbons (Fsp3) is 0.348. The zero-order valence-corrected chi connectivity index (χ0v) is 18.1. The monoisotopic (exact) mass is 469 g/mol. The number of hydrogen-bond donors (Lipinski definition) is 3. The van der Waals surface area contributed by atoms with Gasteiger partial charge in [0.2, 0.25) is 0 Å². The summed E-state index contributed by atoms with van der Waals surface area (Å²) in [7, 11) is 1.33. The van der Waals surface area contributed by atoms with Gasteiger partial charge in [-0.1, -0.05) is 13.8 Å². The number of hydrogen-bond acceptors (Lipinski definition) is 4. The van der Waals surface area contributed by atoms with E-state index in [-0.39, 0.29) is 22.8 Å². The summed E-state index contributed by atoms with van der Waals surface area (Å²) in [6.07, 6.45) is -8.10. The number of carbonyl (C=O) groups is 1. The summed E-state index contributed by atoms with van der Waals surface area (Å²) < 4.78 is 65.9. The molecule has 0 radical (unpaired) electrons. The number of rotatable bonds is 7. The average molecular weight is 469 g/mol. The number of nitrogens with one attached hydrogen (secondary N) is 1. The molecule has 3 aromatic rings. The van der Waals surface area contributed by atoms with Crippen molar-refractivity contribution >= 4 is 17.1 Å². The third kappa shape index (κ3) is 5.22. The lowest BCUT2D eigenvalue weighted by Gasteiger charge is -2.38. The SMILES string of the molecule is COc1ccc(F)cc1C(C)(C)CC(O)(Cc1cc2ccc(OC(=O)O)cc2[nH]1)C(F)(F)F. The second kappa shape index (κ2) is 8.58. The van der Waals surface area contributed by atoms with Crippen molar-refractivity contribution in [3.8, 4) is 11.5 Å². The van der Waals surface area contributed by atoms with Gasteiger partial charge in [-0.15, -0.1) is 0 Å². The van der Waals surface area contributed by atoms with E-state index in [0.717, 1.165) is 12.1 Å². The van der Waals surface area contributed by atoms with Crippen LogP contribution in [0.4, 0.5) is 22.4 Å². The minimum Gasteiger partial charge on any atom is -0.496 e. The zero-order valence-electron chi connectivity index (χ0n) is 18.1. The summed E-state index contributed by atoms with van der Waals surface area (Å²) in [6, 6.07) is 9.19. The van der Waals surface area contributed by atoms with E-state index in [1.54, 1.807) is 0 Å². The normalized spacial score (nSPS) is 14.2. The first-order chi connectivity index (χ1) is 15.2. The van der Waals surface area contributed by atoms with Crippen molar-refractivity contribution in [3.63, 3.8) is 0 Å². The van der Waals surface area contributed by atoms with E-state index in [1.807, 2.05) is 0 Å². The van der Waals surface area contributed by atoms with Gasteiger partial charge in [0, 0.05) is 29.3 Å². The summed E-state index contributed by atoms with van der Waals surface area (Å²) >= 11 is 0. The van der Waals surface area contributed by atoms with Crippen LogP contribution in [0, 0.1) is 5.82 Å². The molecule has 0 aliphatic rings. The van der Waals surface area contributed by atoms with Crippen LogP contribution in [0.5, 0.6) is 11.5 Å². The number of H-pyrrole nitrogens is 1. The Morgan fingerprint density at radius 1 is 1.09 bits per heavy atom. The molecular formula is C23H23F4NO5. The number of aliphatic hydroxyl groups is 1. The van der Waals surface area contributed by atoms with Crippen LogP contribution in [0.1, 0.15) is 31.5 Å². The molecule has 2 aromatic carbocycles.